The fourth-order valence-electron chi connectivity index (χ4n) is 2.11. The Morgan fingerprint density at radius 2 is 2.00 bits per heavy atom. The molecule has 0 heterocycles. The Bertz CT molecular complexity index is 429. The van der Waals surface area contributed by atoms with Crippen LogP contribution in [0.3, 0.4) is 0 Å². The average Bonchev–Trinajstić information content (AvgIpc) is 2.26. The van der Waals surface area contributed by atoms with Gasteiger partial charge in [-0.2, -0.15) is 0 Å². The van der Waals surface area contributed by atoms with Crippen LogP contribution < -0.4 is 10.6 Å². The van der Waals surface area contributed by atoms with Crippen LogP contribution >= 0.6 is 0 Å². The second kappa shape index (κ2) is 5.85. The highest BCUT2D eigenvalue weighted by Crippen LogP contribution is 2.24. The zero-order valence-electron chi connectivity index (χ0n) is 11.5. The van der Waals surface area contributed by atoms with Gasteiger partial charge in [0, 0.05) is 24.3 Å². The highest BCUT2D eigenvalue weighted by Gasteiger charge is 2.16. The molecule has 0 bridgehead atoms. The summed E-state index contributed by atoms with van der Waals surface area (Å²) in [4.78, 5) is 2.05. The van der Waals surface area contributed by atoms with Crippen LogP contribution in [0.4, 0.5) is 10.1 Å². The van der Waals surface area contributed by atoms with Crippen LogP contribution in [-0.2, 0) is 0 Å². The predicted octanol–water partition coefficient (Wildman–Crippen LogP) is 2.98. The number of halogens is 1. The molecule has 0 aromatic heterocycles. The van der Waals surface area contributed by atoms with Gasteiger partial charge in [-0.25, -0.2) is 4.39 Å². The van der Waals surface area contributed by atoms with E-state index in [1.807, 2.05) is 7.05 Å². The predicted molar refractivity (Wildman–Crippen MR) is 74.7 cm³/mol. The van der Waals surface area contributed by atoms with E-state index < -0.39 is 0 Å². The molecule has 1 atom stereocenters. The first-order chi connectivity index (χ1) is 8.32. The molecule has 0 saturated carbocycles. The minimum atomic E-state index is -0.367. The van der Waals surface area contributed by atoms with Gasteiger partial charge in [-0.15, -0.1) is 0 Å². The van der Waals surface area contributed by atoms with Crippen LogP contribution in [0.2, 0.25) is 0 Å². The number of hydrogen-bond acceptors (Lipinski definition) is 2. The lowest BCUT2D eigenvalue weighted by molar-refractivity contribution is 0.504. The van der Waals surface area contributed by atoms with Crippen molar-refractivity contribution < 1.29 is 4.39 Å². The van der Waals surface area contributed by atoms with E-state index in [9.17, 15) is 4.39 Å². The molecule has 1 unspecified atom stereocenters. The number of nitrogen functional groups attached to an aromatic ring is 1. The molecule has 0 aliphatic rings. The van der Waals surface area contributed by atoms with E-state index in [1.165, 1.54) is 12.1 Å². The number of nitrogens with one attached hydrogen (secondary N) is 1. The van der Waals surface area contributed by atoms with Crippen molar-refractivity contribution in [3.05, 3.63) is 29.6 Å². The molecule has 3 nitrogen and oxygen atoms in total. The van der Waals surface area contributed by atoms with Crippen molar-refractivity contribution in [2.24, 2.45) is 11.7 Å². The quantitative estimate of drug-likeness (QED) is 0.624. The molecule has 0 spiro atoms. The summed E-state index contributed by atoms with van der Waals surface area (Å²) in [5.74, 6) is 0.116. The zero-order valence-corrected chi connectivity index (χ0v) is 11.5. The van der Waals surface area contributed by atoms with E-state index in [0.717, 1.165) is 12.1 Å². The lowest BCUT2D eigenvalue weighted by Crippen LogP contribution is -2.32. The zero-order chi connectivity index (χ0) is 13.9. The first-order valence-corrected chi connectivity index (χ1v) is 6.19. The van der Waals surface area contributed by atoms with E-state index >= 15 is 0 Å². The molecular formula is C14H22FN3. The topological polar surface area (TPSA) is 53.1 Å². The van der Waals surface area contributed by atoms with E-state index in [0.29, 0.717) is 17.5 Å². The summed E-state index contributed by atoms with van der Waals surface area (Å²) in [6, 6.07) is 4.72. The van der Waals surface area contributed by atoms with Crippen molar-refractivity contribution in [3.63, 3.8) is 0 Å². The lowest BCUT2D eigenvalue weighted by Gasteiger charge is -2.30. The number of nitrogens with two attached hydrogens (primary N) is 1. The third-order valence-electron chi connectivity index (χ3n) is 3.10. The fraction of sp³-hybridized carbons (Fsp3) is 0.500. The molecule has 0 saturated heterocycles. The third kappa shape index (κ3) is 3.45. The van der Waals surface area contributed by atoms with E-state index in [2.05, 4.69) is 25.7 Å². The monoisotopic (exact) mass is 251 g/mol. The summed E-state index contributed by atoms with van der Waals surface area (Å²) in [6.07, 6.45) is 1.03. The molecule has 1 rings (SSSR count). The maximum atomic E-state index is 13.2. The summed E-state index contributed by atoms with van der Waals surface area (Å²) in [5, 5.41) is 7.53. The van der Waals surface area contributed by atoms with Crippen molar-refractivity contribution in [2.45, 2.75) is 33.2 Å². The van der Waals surface area contributed by atoms with E-state index in [1.54, 1.807) is 6.07 Å². The Morgan fingerprint density at radius 3 is 2.50 bits per heavy atom. The molecule has 1 aromatic carbocycles. The van der Waals surface area contributed by atoms with Gasteiger partial charge in [0.15, 0.2) is 0 Å². The molecule has 0 aliphatic heterocycles. The minimum Gasteiger partial charge on any atom is -0.384 e. The molecular weight excluding hydrogens is 229 g/mol. The number of hydrogen-bond donors (Lipinski definition) is 2. The number of nitrogens with zero attached hydrogens (tertiary/aromatic N) is 1. The average molecular weight is 251 g/mol. The van der Waals surface area contributed by atoms with Gasteiger partial charge in [0.2, 0.25) is 0 Å². The Hall–Kier alpha value is -1.58. The maximum Gasteiger partial charge on any atom is 0.125 e. The highest BCUT2D eigenvalue weighted by atomic mass is 19.1. The van der Waals surface area contributed by atoms with Crippen LogP contribution in [0.25, 0.3) is 0 Å². The highest BCUT2D eigenvalue weighted by molar-refractivity contribution is 6.00. The first-order valence-electron chi connectivity index (χ1n) is 6.19. The van der Waals surface area contributed by atoms with Gasteiger partial charge in [0.1, 0.15) is 11.7 Å². The van der Waals surface area contributed by atoms with Crippen molar-refractivity contribution in [3.8, 4) is 0 Å². The smallest absolute Gasteiger partial charge is 0.125 e. The number of rotatable bonds is 5. The molecule has 0 amide bonds. The summed E-state index contributed by atoms with van der Waals surface area (Å²) in [5.41, 5.74) is 6.77. The largest absolute Gasteiger partial charge is 0.384 e. The summed E-state index contributed by atoms with van der Waals surface area (Å²) >= 11 is 0. The van der Waals surface area contributed by atoms with Crippen molar-refractivity contribution >= 4 is 11.5 Å². The van der Waals surface area contributed by atoms with E-state index in [-0.39, 0.29) is 11.7 Å². The van der Waals surface area contributed by atoms with Crippen LogP contribution in [0.1, 0.15) is 32.8 Å². The van der Waals surface area contributed by atoms with Crippen molar-refractivity contribution in [2.75, 3.05) is 11.9 Å². The van der Waals surface area contributed by atoms with Crippen molar-refractivity contribution in [1.29, 1.82) is 5.41 Å². The Labute approximate surface area is 108 Å². The van der Waals surface area contributed by atoms with Crippen LogP contribution in [0.5, 0.6) is 0 Å². The van der Waals surface area contributed by atoms with Crippen molar-refractivity contribution in [1.82, 2.24) is 0 Å². The van der Waals surface area contributed by atoms with Gasteiger partial charge in [0.25, 0.3) is 0 Å². The number of benzene rings is 1. The Morgan fingerprint density at radius 1 is 1.39 bits per heavy atom. The third-order valence-corrected chi connectivity index (χ3v) is 3.10. The van der Waals surface area contributed by atoms with E-state index in [4.69, 9.17) is 11.1 Å². The summed E-state index contributed by atoms with van der Waals surface area (Å²) < 4.78 is 13.2. The SMILES string of the molecule is CC(C)CC(C)N(C)c1ccc(F)cc1C(=N)N. The van der Waals surface area contributed by atoms with Crippen LogP contribution in [-0.4, -0.2) is 18.9 Å². The first kappa shape index (κ1) is 14.5. The number of anilines is 1. The minimum absolute atomic E-state index is 0.104. The molecule has 4 heteroatoms. The van der Waals surface area contributed by atoms with Gasteiger partial charge >= 0.3 is 0 Å². The normalized spacial score (nSPS) is 12.6. The van der Waals surface area contributed by atoms with Gasteiger partial charge < -0.3 is 10.6 Å². The van der Waals surface area contributed by atoms with Crippen LogP contribution in [0.15, 0.2) is 18.2 Å². The second-order valence-electron chi connectivity index (χ2n) is 5.16. The van der Waals surface area contributed by atoms with Crippen LogP contribution in [0, 0.1) is 17.1 Å². The van der Waals surface area contributed by atoms with Gasteiger partial charge in [-0.1, -0.05) is 13.8 Å². The van der Waals surface area contributed by atoms with Gasteiger partial charge in [0.05, 0.1) is 0 Å². The Balaban J connectivity index is 3.04. The molecule has 1 aromatic rings. The molecule has 100 valence electrons. The van der Waals surface area contributed by atoms with Gasteiger partial charge in [-0.3, -0.25) is 5.41 Å². The molecule has 0 aliphatic carbocycles. The fourth-order valence-corrected chi connectivity index (χ4v) is 2.11. The number of amidine groups is 1. The summed E-state index contributed by atoms with van der Waals surface area (Å²) in [6.45, 7) is 6.45. The lowest BCUT2D eigenvalue weighted by atomic mass is 10.0. The maximum absolute atomic E-state index is 13.2. The molecule has 18 heavy (non-hydrogen) atoms. The molecule has 3 N–H and O–H groups in total. The Kier molecular flexibility index (Phi) is 4.70. The standard InChI is InChI=1S/C14H22FN3/c1-9(2)7-10(3)18(4)13-6-5-11(15)8-12(13)14(16)17/h5-6,8-10H,7H2,1-4H3,(H3,16,17). The molecule has 0 radical (unpaired) electrons. The second-order valence-corrected chi connectivity index (χ2v) is 5.16. The summed E-state index contributed by atoms with van der Waals surface area (Å²) in [7, 11) is 1.95. The van der Waals surface area contributed by atoms with Gasteiger partial charge in [-0.05, 0) is 37.5 Å². The molecule has 0 fully saturated rings.